The summed E-state index contributed by atoms with van der Waals surface area (Å²) in [6.45, 7) is -0.508. The fourth-order valence-electron chi connectivity index (χ4n) is 0.966. The first-order valence-corrected chi connectivity index (χ1v) is 3.38. The Morgan fingerprint density at radius 3 is 2.38 bits per heavy atom. The van der Waals surface area contributed by atoms with Gasteiger partial charge >= 0.3 is 0 Å². The molecule has 1 aromatic rings. The van der Waals surface area contributed by atoms with Crippen LogP contribution in [0.3, 0.4) is 0 Å². The standard InChI is InChI=1S/C7H8N2O4/c8-6(11)3-2-13-4(1-10)5(3)7(9)12/h2,10H,1H2,(H2,8,11)(H2,9,12). The van der Waals surface area contributed by atoms with Crippen molar-refractivity contribution in [3.05, 3.63) is 23.2 Å². The molecule has 0 bridgehead atoms. The number of hydrogen-bond donors (Lipinski definition) is 3. The van der Waals surface area contributed by atoms with E-state index in [1.807, 2.05) is 0 Å². The number of primary amides is 2. The van der Waals surface area contributed by atoms with Crippen molar-refractivity contribution in [1.29, 1.82) is 0 Å². The molecule has 0 atom stereocenters. The maximum absolute atomic E-state index is 10.8. The summed E-state index contributed by atoms with van der Waals surface area (Å²) in [5, 5.41) is 8.71. The molecule has 5 N–H and O–H groups in total. The Balaban J connectivity index is 3.30. The Kier molecular flexibility index (Phi) is 2.34. The summed E-state index contributed by atoms with van der Waals surface area (Å²) in [5.41, 5.74) is 9.62. The number of carbonyl (C=O) groups is 2. The molecule has 0 aliphatic heterocycles. The predicted octanol–water partition coefficient (Wildman–Crippen LogP) is -1.03. The molecule has 0 radical (unpaired) electrons. The van der Waals surface area contributed by atoms with Crippen molar-refractivity contribution in [3.63, 3.8) is 0 Å². The number of hydrogen-bond acceptors (Lipinski definition) is 4. The number of furan rings is 1. The van der Waals surface area contributed by atoms with Gasteiger partial charge in [0.15, 0.2) is 0 Å². The minimum absolute atomic E-state index is 0.0544. The van der Waals surface area contributed by atoms with E-state index in [1.165, 1.54) is 0 Å². The van der Waals surface area contributed by atoms with E-state index in [0.717, 1.165) is 6.26 Å². The summed E-state index contributed by atoms with van der Waals surface area (Å²) in [4.78, 5) is 21.5. The molecule has 1 heterocycles. The fraction of sp³-hybridized carbons (Fsp3) is 0.143. The van der Waals surface area contributed by atoms with Gasteiger partial charge in [0.05, 0.1) is 11.1 Å². The number of nitrogens with two attached hydrogens (primary N) is 2. The Morgan fingerprint density at radius 1 is 1.38 bits per heavy atom. The minimum Gasteiger partial charge on any atom is -0.465 e. The van der Waals surface area contributed by atoms with E-state index in [9.17, 15) is 9.59 Å². The zero-order chi connectivity index (χ0) is 10.0. The van der Waals surface area contributed by atoms with Crippen LogP contribution in [0.2, 0.25) is 0 Å². The molecule has 0 unspecified atom stereocenters. The molecule has 1 aromatic heterocycles. The van der Waals surface area contributed by atoms with Crippen LogP contribution in [0.15, 0.2) is 10.7 Å². The van der Waals surface area contributed by atoms with Crippen molar-refractivity contribution in [3.8, 4) is 0 Å². The van der Waals surface area contributed by atoms with Crippen molar-refractivity contribution in [2.24, 2.45) is 11.5 Å². The lowest BCUT2D eigenvalue weighted by atomic mass is 10.1. The Labute approximate surface area is 73.1 Å². The molecule has 2 amide bonds. The average molecular weight is 184 g/mol. The molecular formula is C7H8N2O4. The Morgan fingerprint density at radius 2 is 2.00 bits per heavy atom. The summed E-state index contributed by atoms with van der Waals surface area (Å²) in [6, 6.07) is 0. The van der Waals surface area contributed by atoms with Gasteiger partial charge in [-0.2, -0.15) is 0 Å². The summed E-state index contributed by atoms with van der Waals surface area (Å²) in [5.74, 6) is -1.73. The molecule has 0 aromatic carbocycles. The predicted molar refractivity (Wildman–Crippen MR) is 41.7 cm³/mol. The molecule has 0 aliphatic carbocycles. The van der Waals surface area contributed by atoms with Crippen LogP contribution in [0, 0.1) is 0 Å². The fourth-order valence-corrected chi connectivity index (χ4v) is 0.966. The van der Waals surface area contributed by atoms with Gasteiger partial charge in [-0.15, -0.1) is 0 Å². The van der Waals surface area contributed by atoms with E-state index in [0.29, 0.717) is 0 Å². The van der Waals surface area contributed by atoms with Gasteiger partial charge in [0.2, 0.25) is 0 Å². The molecule has 0 aliphatic rings. The van der Waals surface area contributed by atoms with Gasteiger partial charge in [0, 0.05) is 0 Å². The van der Waals surface area contributed by atoms with Gasteiger partial charge in [-0.05, 0) is 0 Å². The van der Waals surface area contributed by atoms with E-state index >= 15 is 0 Å². The third-order valence-corrected chi connectivity index (χ3v) is 1.52. The van der Waals surface area contributed by atoms with Gasteiger partial charge in [0.1, 0.15) is 18.6 Å². The topological polar surface area (TPSA) is 120 Å². The highest BCUT2D eigenvalue weighted by Crippen LogP contribution is 2.16. The average Bonchev–Trinajstić information content (AvgIpc) is 2.46. The van der Waals surface area contributed by atoms with Crippen LogP contribution in [0.25, 0.3) is 0 Å². The highest BCUT2D eigenvalue weighted by atomic mass is 16.4. The second-order valence-corrected chi connectivity index (χ2v) is 2.33. The van der Waals surface area contributed by atoms with Gasteiger partial charge in [-0.3, -0.25) is 9.59 Å². The molecule has 0 saturated carbocycles. The van der Waals surface area contributed by atoms with Crippen molar-refractivity contribution >= 4 is 11.8 Å². The summed E-state index contributed by atoms with van der Waals surface area (Å²) < 4.78 is 4.72. The normalized spacial score (nSPS) is 9.92. The third kappa shape index (κ3) is 1.52. The smallest absolute Gasteiger partial charge is 0.253 e. The first kappa shape index (κ1) is 9.27. The third-order valence-electron chi connectivity index (χ3n) is 1.52. The summed E-state index contributed by atoms with van der Waals surface area (Å²) >= 11 is 0. The molecule has 6 heteroatoms. The van der Waals surface area contributed by atoms with Gasteiger partial charge < -0.3 is 21.0 Å². The van der Waals surface area contributed by atoms with Crippen molar-refractivity contribution < 1.29 is 19.1 Å². The Bertz CT molecular complexity index is 355. The van der Waals surface area contributed by atoms with Gasteiger partial charge in [-0.1, -0.05) is 0 Å². The molecule has 70 valence electrons. The minimum atomic E-state index is -0.855. The molecule has 13 heavy (non-hydrogen) atoms. The van der Waals surface area contributed by atoms with Crippen molar-refractivity contribution in [2.45, 2.75) is 6.61 Å². The number of aliphatic hydroxyl groups is 1. The maximum atomic E-state index is 10.8. The van der Waals surface area contributed by atoms with E-state index in [-0.39, 0.29) is 16.9 Å². The van der Waals surface area contributed by atoms with Gasteiger partial charge in [-0.25, -0.2) is 0 Å². The number of amides is 2. The zero-order valence-corrected chi connectivity index (χ0v) is 6.61. The van der Waals surface area contributed by atoms with E-state index in [1.54, 1.807) is 0 Å². The van der Waals surface area contributed by atoms with Crippen LogP contribution >= 0.6 is 0 Å². The van der Waals surface area contributed by atoms with Crippen LogP contribution in [-0.2, 0) is 6.61 Å². The van der Waals surface area contributed by atoms with Crippen LogP contribution < -0.4 is 11.5 Å². The van der Waals surface area contributed by atoms with Crippen molar-refractivity contribution in [2.75, 3.05) is 0 Å². The van der Waals surface area contributed by atoms with Crippen LogP contribution in [-0.4, -0.2) is 16.9 Å². The largest absolute Gasteiger partial charge is 0.465 e. The highest BCUT2D eigenvalue weighted by molar-refractivity contribution is 6.06. The first-order chi connectivity index (χ1) is 6.07. The molecule has 0 fully saturated rings. The lowest BCUT2D eigenvalue weighted by Crippen LogP contribution is -2.20. The summed E-state index contributed by atoms with van der Waals surface area (Å²) in [6.07, 6.45) is 0.994. The first-order valence-electron chi connectivity index (χ1n) is 3.38. The monoisotopic (exact) mass is 184 g/mol. The molecule has 1 rings (SSSR count). The summed E-state index contributed by atoms with van der Waals surface area (Å²) in [7, 11) is 0. The molecule has 0 spiro atoms. The lowest BCUT2D eigenvalue weighted by Gasteiger charge is -1.95. The Hall–Kier alpha value is -1.82. The second kappa shape index (κ2) is 3.28. The van der Waals surface area contributed by atoms with Crippen LogP contribution in [0.5, 0.6) is 0 Å². The number of carbonyl (C=O) groups excluding carboxylic acids is 2. The maximum Gasteiger partial charge on any atom is 0.253 e. The van der Waals surface area contributed by atoms with Gasteiger partial charge in [0.25, 0.3) is 11.8 Å². The second-order valence-electron chi connectivity index (χ2n) is 2.33. The molecule has 6 nitrogen and oxygen atoms in total. The number of aliphatic hydroxyl groups excluding tert-OH is 1. The lowest BCUT2D eigenvalue weighted by molar-refractivity contribution is 0.0966. The zero-order valence-electron chi connectivity index (χ0n) is 6.61. The van der Waals surface area contributed by atoms with Crippen LogP contribution in [0.1, 0.15) is 26.5 Å². The quantitative estimate of drug-likeness (QED) is 0.556. The SMILES string of the molecule is NC(=O)c1coc(CO)c1C(N)=O. The number of rotatable bonds is 3. The molecular weight excluding hydrogens is 176 g/mol. The molecule has 0 saturated heterocycles. The van der Waals surface area contributed by atoms with Crippen molar-refractivity contribution in [1.82, 2.24) is 0 Å². The highest BCUT2D eigenvalue weighted by Gasteiger charge is 2.20. The van der Waals surface area contributed by atoms with E-state index < -0.39 is 18.4 Å². The van der Waals surface area contributed by atoms with E-state index in [2.05, 4.69) is 0 Å². The van der Waals surface area contributed by atoms with E-state index in [4.69, 9.17) is 21.0 Å². The van der Waals surface area contributed by atoms with Crippen LogP contribution in [0.4, 0.5) is 0 Å².